The minimum Gasteiger partial charge on any atom is -0.206 e. The summed E-state index contributed by atoms with van der Waals surface area (Å²) >= 11 is 9.19. The van der Waals surface area contributed by atoms with Gasteiger partial charge in [0.25, 0.3) is 0 Å². The van der Waals surface area contributed by atoms with E-state index in [1.807, 2.05) is 0 Å². The maximum atomic E-state index is 13.1. The third-order valence-corrected chi connectivity index (χ3v) is 3.58. The van der Waals surface area contributed by atoms with Crippen molar-refractivity contribution < 1.29 is 13.2 Å². The molecule has 2 aromatic carbocycles. The van der Waals surface area contributed by atoms with E-state index in [9.17, 15) is 13.2 Å². The van der Waals surface area contributed by atoms with Crippen LogP contribution < -0.4 is 0 Å². The number of alkyl halides is 1. The average Bonchev–Trinajstić information content (AvgIpc) is 2.35. The van der Waals surface area contributed by atoms with Crippen LogP contribution in [0.1, 0.15) is 16.5 Å². The van der Waals surface area contributed by atoms with Crippen LogP contribution in [-0.4, -0.2) is 0 Å². The molecule has 0 amide bonds. The summed E-state index contributed by atoms with van der Waals surface area (Å²) in [6.45, 7) is 0. The van der Waals surface area contributed by atoms with E-state index in [1.165, 1.54) is 24.3 Å². The third kappa shape index (κ3) is 2.70. The summed E-state index contributed by atoms with van der Waals surface area (Å²) in [7, 11) is 0. The van der Waals surface area contributed by atoms with Crippen LogP contribution in [0.15, 0.2) is 40.9 Å². The monoisotopic (exact) mass is 334 g/mol. The van der Waals surface area contributed by atoms with Crippen molar-refractivity contribution in [1.82, 2.24) is 0 Å². The van der Waals surface area contributed by atoms with Gasteiger partial charge in [-0.05, 0) is 51.3 Å². The zero-order valence-corrected chi connectivity index (χ0v) is 11.3. The Bertz CT molecular complexity index is 535. The Kier molecular flexibility index (Phi) is 3.97. The highest BCUT2D eigenvalue weighted by molar-refractivity contribution is 9.10. The molecule has 5 heteroatoms. The molecule has 0 spiro atoms. The molecule has 18 heavy (non-hydrogen) atoms. The minimum atomic E-state index is -0.959. The van der Waals surface area contributed by atoms with Crippen LogP contribution in [-0.2, 0) is 0 Å². The first kappa shape index (κ1) is 13.4. The first-order valence-corrected chi connectivity index (χ1v) is 6.26. The van der Waals surface area contributed by atoms with Crippen molar-refractivity contribution in [3.63, 3.8) is 0 Å². The van der Waals surface area contributed by atoms with Gasteiger partial charge in [-0.2, -0.15) is 0 Å². The van der Waals surface area contributed by atoms with Crippen molar-refractivity contribution in [2.45, 2.75) is 5.38 Å². The molecule has 0 heterocycles. The second kappa shape index (κ2) is 5.33. The van der Waals surface area contributed by atoms with E-state index in [0.717, 1.165) is 12.1 Å². The Morgan fingerprint density at radius 2 is 1.39 bits per heavy atom. The van der Waals surface area contributed by atoms with Gasteiger partial charge >= 0.3 is 0 Å². The number of hydrogen-bond donors (Lipinski definition) is 0. The van der Waals surface area contributed by atoms with Crippen LogP contribution in [0.3, 0.4) is 0 Å². The summed E-state index contributed by atoms with van der Waals surface area (Å²) < 4.78 is 39.3. The molecule has 0 aliphatic rings. The summed E-state index contributed by atoms with van der Waals surface area (Å²) in [5.41, 5.74) is 1.00. The highest BCUT2D eigenvalue weighted by Gasteiger charge is 2.14. The van der Waals surface area contributed by atoms with Gasteiger partial charge < -0.3 is 0 Å². The topological polar surface area (TPSA) is 0 Å². The van der Waals surface area contributed by atoms with Gasteiger partial charge in [0, 0.05) is 0 Å². The van der Waals surface area contributed by atoms with Gasteiger partial charge in [0.1, 0.15) is 5.82 Å². The zero-order chi connectivity index (χ0) is 13.3. The fourth-order valence-corrected chi connectivity index (χ4v) is 2.20. The molecular weight excluding hydrogens is 328 g/mol. The normalized spacial score (nSPS) is 12.5. The quantitative estimate of drug-likeness (QED) is 0.662. The van der Waals surface area contributed by atoms with Crippen molar-refractivity contribution in [2.75, 3.05) is 0 Å². The lowest BCUT2D eigenvalue weighted by molar-refractivity contribution is 0.507. The summed E-state index contributed by atoms with van der Waals surface area (Å²) in [6.07, 6.45) is 0. The van der Waals surface area contributed by atoms with Crippen molar-refractivity contribution in [3.05, 3.63) is 69.4 Å². The molecule has 0 saturated carbocycles. The zero-order valence-electron chi connectivity index (χ0n) is 8.93. The van der Waals surface area contributed by atoms with Crippen LogP contribution in [0.5, 0.6) is 0 Å². The molecule has 1 unspecified atom stereocenters. The van der Waals surface area contributed by atoms with E-state index in [2.05, 4.69) is 15.9 Å². The molecular formula is C13H7BrClF3. The summed E-state index contributed by atoms with van der Waals surface area (Å²) in [5.74, 6) is -2.30. The molecule has 0 N–H and O–H groups in total. The van der Waals surface area contributed by atoms with Crippen LogP contribution in [0, 0.1) is 17.5 Å². The van der Waals surface area contributed by atoms with Gasteiger partial charge in [-0.15, -0.1) is 11.6 Å². The number of rotatable bonds is 2. The number of hydrogen-bond acceptors (Lipinski definition) is 0. The van der Waals surface area contributed by atoms with Crippen molar-refractivity contribution in [1.29, 1.82) is 0 Å². The maximum Gasteiger partial charge on any atom is 0.159 e. The molecule has 94 valence electrons. The molecule has 0 aromatic heterocycles. The van der Waals surface area contributed by atoms with Crippen molar-refractivity contribution in [3.8, 4) is 0 Å². The number of halogens is 5. The largest absolute Gasteiger partial charge is 0.206 e. The average molecular weight is 336 g/mol. The van der Waals surface area contributed by atoms with Gasteiger partial charge in [0.15, 0.2) is 11.6 Å². The molecule has 0 bridgehead atoms. The lowest BCUT2D eigenvalue weighted by atomic mass is 10.0. The lowest BCUT2D eigenvalue weighted by Crippen LogP contribution is -1.96. The number of benzene rings is 2. The van der Waals surface area contributed by atoms with Gasteiger partial charge in [-0.1, -0.05) is 12.1 Å². The highest BCUT2D eigenvalue weighted by atomic mass is 79.9. The first-order chi connectivity index (χ1) is 8.49. The molecule has 0 fully saturated rings. The van der Waals surface area contributed by atoms with Crippen molar-refractivity contribution in [2.24, 2.45) is 0 Å². The smallest absolute Gasteiger partial charge is 0.159 e. The molecule has 1 atom stereocenters. The molecule has 0 aliphatic carbocycles. The van der Waals surface area contributed by atoms with Crippen LogP contribution in [0.4, 0.5) is 13.2 Å². The van der Waals surface area contributed by atoms with Gasteiger partial charge in [-0.3, -0.25) is 0 Å². The minimum absolute atomic E-state index is 0.272. The predicted octanol–water partition coefficient (Wildman–Crippen LogP) is 5.19. The van der Waals surface area contributed by atoms with Crippen LogP contribution >= 0.6 is 27.5 Å². The van der Waals surface area contributed by atoms with Gasteiger partial charge in [0.2, 0.25) is 0 Å². The maximum absolute atomic E-state index is 13.1. The standard InChI is InChI=1S/C13H7BrClF3/c14-9-5-7(1-3-10(9)16)13(15)8-2-4-11(17)12(18)6-8/h1-6,13H. The Morgan fingerprint density at radius 3 is 1.94 bits per heavy atom. The summed E-state index contributed by atoms with van der Waals surface area (Å²) in [4.78, 5) is 0. The SMILES string of the molecule is Fc1ccc(C(Cl)c2ccc(F)c(Br)c2)cc1F. The van der Waals surface area contributed by atoms with E-state index >= 15 is 0 Å². The Morgan fingerprint density at radius 1 is 0.833 bits per heavy atom. The molecule has 2 aromatic rings. The first-order valence-electron chi connectivity index (χ1n) is 5.03. The second-order valence-electron chi connectivity index (χ2n) is 3.71. The Labute approximate surface area is 116 Å². The Balaban J connectivity index is 2.37. The Hall–Kier alpha value is -1.00. The summed E-state index contributed by atoms with van der Waals surface area (Å²) in [5, 5.41) is -0.669. The van der Waals surface area contributed by atoms with Gasteiger partial charge in [0.05, 0.1) is 9.85 Å². The highest BCUT2D eigenvalue weighted by Crippen LogP contribution is 2.31. The van der Waals surface area contributed by atoms with E-state index in [1.54, 1.807) is 0 Å². The molecule has 0 aliphatic heterocycles. The lowest BCUT2D eigenvalue weighted by Gasteiger charge is -2.11. The molecule has 2 rings (SSSR count). The third-order valence-electron chi connectivity index (χ3n) is 2.47. The van der Waals surface area contributed by atoms with Crippen LogP contribution in [0.2, 0.25) is 0 Å². The second-order valence-corrected chi connectivity index (χ2v) is 5.00. The molecule has 0 nitrogen and oxygen atoms in total. The molecule has 0 radical (unpaired) electrons. The fourth-order valence-electron chi connectivity index (χ4n) is 1.53. The van der Waals surface area contributed by atoms with E-state index in [4.69, 9.17) is 11.6 Å². The predicted molar refractivity (Wildman–Crippen MR) is 68.2 cm³/mol. The van der Waals surface area contributed by atoms with E-state index in [-0.39, 0.29) is 4.47 Å². The van der Waals surface area contributed by atoms with E-state index < -0.39 is 22.8 Å². The van der Waals surface area contributed by atoms with Gasteiger partial charge in [-0.25, -0.2) is 13.2 Å². The van der Waals surface area contributed by atoms with Crippen molar-refractivity contribution >= 4 is 27.5 Å². The van der Waals surface area contributed by atoms with E-state index in [0.29, 0.717) is 11.1 Å². The fraction of sp³-hybridized carbons (Fsp3) is 0.0769. The molecule has 0 saturated heterocycles. The summed E-state index contributed by atoms with van der Waals surface area (Å²) in [6, 6.07) is 7.71. The van der Waals surface area contributed by atoms with Crippen LogP contribution in [0.25, 0.3) is 0 Å².